The maximum absolute atomic E-state index is 14.1. The van der Waals surface area contributed by atoms with Gasteiger partial charge in [0.05, 0.1) is 5.56 Å². The minimum absolute atomic E-state index is 0.0329. The second-order valence-corrected chi connectivity index (χ2v) is 5.32. The first-order valence-electron chi connectivity index (χ1n) is 6.67. The molecule has 24 heavy (non-hydrogen) atoms. The van der Waals surface area contributed by atoms with E-state index in [0.29, 0.717) is 0 Å². The van der Waals surface area contributed by atoms with Crippen molar-refractivity contribution < 1.29 is 32.2 Å². The third-order valence-electron chi connectivity index (χ3n) is 3.36. The fourth-order valence-electron chi connectivity index (χ4n) is 2.27. The van der Waals surface area contributed by atoms with Gasteiger partial charge >= 0.3 is 6.29 Å². The number of halogens is 4. The van der Waals surface area contributed by atoms with Gasteiger partial charge in [-0.15, -0.1) is 8.78 Å². The highest BCUT2D eigenvalue weighted by molar-refractivity contribution is 6.67. The van der Waals surface area contributed by atoms with E-state index in [4.69, 9.17) is 11.6 Å². The van der Waals surface area contributed by atoms with Gasteiger partial charge in [0, 0.05) is 12.0 Å². The number of hydrogen-bond donors (Lipinski definition) is 0. The Bertz CT molecular complexity index is 851. The highest BCUT2D eigenvalue weighted by atomic mass is 35.5. The second kappa shape index (κ2) is 5.83. The van der Waals surface area contributed by atoms with Crippen LogP contribution in [0.25, 0.3) is 0 Å². The number of benzene rings is 2. The molecule has 4 nitrogen and oxygen atoms in total. The van der Waals surface area contributed by atoms with E-state index >= 15 is 0 Å². The molecule has 0 unspecified atom stereocenters. The first kappa shape index (κ1) is 16.3. The number of carbonyl (C=O) groups is 2. The van der Waals surface area contributed by atoms with E-state index in [1.165, 1.54) is 30.3 Å². The molecule has 0 amide bonds. The molecule has 3 rings (SSSR count). The topological polar surface area (TPSA) is 52.6 Å². The van der Waals surface area contributed by atoms with Crippen molar-refractivity contribution in [2.75, 3.05) is 0 Å². The Kier molecular flexibility index (Phi) is 3.96. The lowest BCUT2D eigenvalue weighted by Crippen LogP contribution is -2.25. The number of ether oxygens (including phenoxy) is 2. The first-order valence-corrected chi connectivity index (χ1v) is 7.05. The molecule has 8 heteroatoms. The molecule has 0 radical (unpaired) electrons. The molecule has 0 bridgehead atoms. The van der Waals surface area contributed by atoms with Crippen molar-refractivity contribution >= 4 is 22.6 Å². The highest BCUT2D eigenvalue weighted by Gasteiger charge is 2.43. The molecular formula is C16H8ClF3O4. The monoisotopic (exact) mass is 356 g/mol. The van der Waals surface area contributed by atoms with Crippen LogP contribution < -0.4 is 9.47 Å². The lowest BCUT2D eigenvalue weighted by molar-refractivity contribution is -0.286. The summed E-state index contributed by atoms with van der Waals surface area (Å²) in [7, 11) is 0. The Balaban J connectivity index is 1.85. The number of Topliss-reactive ketones (excluding diaryl/α,β-unsaturated/α-hetero) is 1. The van der Waals surface area contributed by atoms with Crippen LogP contribution in [0.5, 0.6) is 11.5 Å². The first-order chi connectivity index (χ1) is 11.3. The minimum atomic E-state index is -3.79. The SMILES string of the molecule is O=C(Cc1cccc(C(=O)Cl)c1F)c1ccc2c(c1)OC(F)(F)O2. The molecule has 0 spiro atoms. The molecule has 0 aliphatic carbocycles. The molecule has 124 valence electrons. The van der Waals surface area contributed by atoms with Crippen molar-refractivity contribution in [3.05, 3.63) is 58.9 Å². The number of rotatable bonds is 4. The molecule has 2 aromatic rings. The fraction of sp³-hybridized carbons (Fsp3) is 0.125. The summed E-state index contributed by atoms with van der Waals surface area (Å²) in [5.41, 5.74) is -0.334. The lowest BCUT2D eigenvalue weighted by atomic mass is 10.0. The molecule has 2 aromatic carbocycles. The summed E-state index contributed by atoms with van der Waals surface area (Å²) in [6.45, 7) is 0. The standard InChI is InChI=1S/C16H8ClF3O4/c17-15(22)10-3-1-2-9(14(10)18)6-11(21)8-4-5-12-13(7-8)24-16(19,20)23-12/h1-5,7H,6H2. The number of alkyl halides is 2. The van der Waals surface area contributed by atoms with E-state index in [2.05, 4.69) is 9.47 Å². The van der Waals surface area contributed by atoms with Gasteiger partial charge in [0.2, 0.25) is 0 Å². The van der Waals surface area contributed by atoms with Crippen molar-refractivity contribution in [1.29, 1.82) is 0 Å². The van der Waals surface area contributed by atoms with Crippen LogP contribution in [0.1, 0.15) is 26.3 Å². The number of ketones is 1. The summed E-state index contributed by atoms with van der Waals surface area (Å²) in [6.07, 6.45) is -4.16. The Labute approximate surface area is 138 Å². The minimum Gasteiger partial charge on any atom is -0.395 e. The Hall–Kier alpha value is -2.54. The maximum atomic E-state index is 14.1. The van der Waals surface area contributed by atoms with Crippen molar-refractivity contribution in [2.45, 2.75) is 12.7 Å². The van der Waals surface area contributed by atoms with E-state index in [0.717, 1.165) is 6.07 Å². The smallest absolute Gasteiger partial charge is 0.395 e. The molecular weight excluding hydrogens is 349 g/mol. The van der Waals surface area contributed by atoms with Gasteiger partial charge in [-0.2, -0.15) is 0 Å². The zero-order valence-corrected chi connectivity index (χ0v) is 12.6. The van der Waals surface area contributed by atoms with Gasteiger partial charge in [-0.1, -0.05) is 12.1 Å². The highest BCUT2D eigenvalue weighted by Crippen LogP contribution is 2.41. The van der Waals surface area contributed by atoms with E-state index in [1.807, 2.05) is 0 Å². The van der Waals surface area contributed by atoms with E-state index in [1.54, 1.807) is 0 Å². The average molecular weight is 357 g/mol. The van der Waals surface area contributed by atoms with Gasteiger partial charge in [0.1, 0.15) is 5.82 Å². The molecule has 0 N–H and O–H groups in total. The van der Waals surface area contributed by atoms with E-state index in [-0.39, 0.29) is 34.6 Å². The van der Waals surface area contributed by atoms with Crippen LogP contribution in [-0.4, -0.2) is 17.3 Å². The van der Waals surface area contributed by atoms with Crippen LogP contribution in [-0.2, 0) is 6.42 Å². The summed E-state index contributed by atoms with van der Waals surface area (Å²) in [5.74, 6) is -1.92. The van der Waals surface area contributed by atoms with E-state index < -0.39 is 23.1 Å². The van der Waals surface area contributed by atoms with Crippen LogP contribution in [0.15, 0.2) is 36.4 Å². The summed E-state index contributed by atoms with van der Waals surface area (Å²) < 4.78 is 48.5. The summed E-state index contributed by atoms with van der Waals surface area (Å²) in [6, 6.07) is 7.44. The molecule has 1 aliphatic rings. The van der Waals surface area contributed by atoms with Gasteiger partial charge in [0.15, 0.2) is 17.3 Å². The van der Waals surface area contributed by atoms with E-state index in [9.17, 15) is 22.8 Å². The normalized spacial score (nSPS) is 14.5. The number of carbonyl (C=O) groups excluding carboxylic acids is 2. The largest absolute Gasteiger partial charge is 0.586 e. The maximum Gasteiger partial charge on any atom is 0.586 e. The van der Waals surface area contributed by atoms with Crippen molar-refractivity contribution in [3.8, 4) is 11.5 Å². The number of hydrogen-bond acceptors (Lipinski definition) is 4. The summed E-state index contributed by atoms with van der Waals surface area (Å²) in [5, 5.41) is -0.980. The molecule has 0 aromatic heterocycles. The molecule has 0 atom stereocenters. The van der Waals surface area contributed by atoms with Crippen molar-refractivity contribution in [2.24, 2.45) is 0 Å². The third-order valence-corrected chi connectivity index (χ3v) is 3.57. The van der Waals surface area contributed by atoms with Gasteiger partial charge in [-0.3, -0.25) is 9.59 Å². The van der Waals surface area contributed by atoms with Crippen LogP contribution in [0.3, 0.4) is 0 Å². The average Bonchev–Trinajstić information content (AvgIpc) is 2.81. The second-order valence-electron chi connectivity index (χ2n) is 4.98. The zero-order chi connectivity index (χ0) is 17.5. The Morgan fingerprint density at radius 2 is 1.79 bits per heavy atom. The van der Waals surface area contributed by atoms with Crippen molar-refractivity contribution in [1.82, 2.24) is 0 Å². The Morgan fingerprint density at radius 3 is 2.50 bits per heavy atom. The van der Waals surface area contributed by atoms with Crippen LogP contribution in [0.2, 0.25) is 0 Å². The van der Waals surface area contributed by atoms with Crippen LogP contribution in [0.4, 0.5) is 13.2 Å². The fourth-order valence-corrected chi connectivity index (χ4v) is 2.41. The summed E-state index contributed by atoms with van der Waals surface area (Å²) >= 11 is 5.26. The molecule has 0 saturated carbocycles. The van der Waals surface area contributed by atoms with Crippen LogP contribution in [0, 0.1) is 5.82 Å². The molecule has 0 fully saturated rings. The molecule has 0 saturated heterocycles. The lowest BCUT2D eigenvalue weighted by Gasteiger charge is -2.06. The quantitative estimate of drug-likeness (QED) is 0.615. The van der Waals surface area contributed by atoms with Gasteiger partial charge in [0.25, 0.3) is 5.24 Å². The molecule has 1 aliphatic heterocycles. The zero-order valence-electron chi connectivity index (χ0n) is 11.8. The van der Waals surface area contributed by atoms with Crippen LogP contribution >= 0.6 is 11.6 Å². The molecule has 1 heterocycles. The van der Waals surface area contributed by atoms with Gasteiger partial charge in [-0.25, -0.2) is 4.39 Å². The third kappa shape index (κ3) is 3.07. The summed E-state index contributed by atoms with van der Waals surface area (Å²) in [4.78, 5) is 23.3. The number of fused-ring (bicyclic) bond motifs is 1. The van der Waals surface area contributed by atoms with Gasteiger partial charge in [-0.05, 0) is 41.4 Å². The van der Waals surface area contributed by atoms with Crippen molar-refractivity contribution in [3.63, 3.8) is 0 Å². The van der Waals surface area contributed by atoms with Gasteiger partial charge < -0.3 is 9.47 Å². The predicted molar refractivity (Wildman–Crippen MR) is 77.3 cm³/mol. The Morgan fingerprint density at radius 1 is 1.08 bits per heavy atom. The predicted octanol–water partition coefficient (Wildman–Crippen LogP) is 3.95.